The Labute approximate surface area is 367 Å². The van der Waals surface area contributed by atoms with E-state index < -0.39 is 99.3 Å². The van der Waals surface area contributed by atoms with Gasteiger partial charge in [0, 0.05) is 12.8 Å². The summed E-state index contributed by atoms with van der Waals surface area (Å²) in [7, 11) is 0. The van der Waals surface area contributed by atoms with Crippen molar-refractivity contribution in [2.45, 2.75) is 171 Å². The van der Waals surface area contributed by atoms with Crippen LogP contribution in [0.1, 0.15) is 104 Å². The van der Waals surface area contributed by atoms with Crippen LogP contribution in [0.3, 0.4) is 0 Å². The third-order valence-electron chi connectivity index (χ3n) is 10.0. The molecule has 15 heteroatoms. The Kier molecular flexibility index (Phi) is 30.2. The summed E-state index contributed by atoms with van der Waals surface area (Å²) in [6.45, 7) is 2.19. The van der Waals surface area contributed by atoms with Gasteiger partial charge in [0.05, 0.1) is 19.8 Å². The summed E-state index contributed by atoms with van der Waals surface area (Å²) in [6.07, 6.45) is 22.1. The fourth-order valence-corrected chi connectivity index (χ4v) is 6.34. The van der Waals surface area contributed by atoms with Gasteiger partial charge in [0.25, 0.3) is 0 Å². The highest BCUT2D eigenvalue weighted by Crippen LogP contribution is 2.26. The molecule has 2 heterocycles. The molecule has 0 radical (unpaired) electrons. The van der Waals surface area contributed by atoms with E-state index in [0.717, 1.165) is 64.2 Å². The molecule has 5 unspecified atom stereocenters. The summed E-state index contributed by atoms with van der Waals surface area (Å²) in [5.41, 5.74) is 0. The molecule has 0 aromatic rings. The smallest absolute Gasteiger partial charge is 0.306 e. The standard InChI is InChI=1S/C47H74O15/c1-3-5-7-9-11-13-15-17-19-21-23-25-27-29-38(49)57-32-35(60-39(50)30-28-26-24-22-20-18-16-14-12-10-8-6-4-2)33-58-46-45(56)43(54)41(52)37(62-46)34-59-47-44(55)42(53)40(51)36(31-48)61-47/h5-16,18,20,35-37,40-48,51-56H,3-4,17,19,21-34H2,1-2H3/b7-5+,8-6+,11-9+,12-10+,15-13+,16-14+,20-18+/t35?,36-,37-,40+,41+,42?,43?,44?,45?,46-,47-/m1/s1. The fraction of sp³-hybridized carbons (Fsp3) is 0.660. The van der Waals surface area contributed by atoms with E-state index in [0.29, 0.717) is 12.8 Å². The zero-order chi connectivity index (χ0) is 45.4. The van der Waals surface area contributed by atoms with E-state index in [-0.39, 0.29) is 19.4 Å². The van der Waals surface area contributed by atoms with Crippen LogP contribution in [0, 0.1) is 0 Å². The van der Waals surface area contributed by atoms with Gasteiger partial charge in [-0.25, -0.2) is 0 Å². The number of rotatable bonds is 31. The van der Waals surface area contributed by atoms with Crippen LogP contribution in [0.15, 0.2) is 85.1 Å². The van der Waals surface area contributed by atoms with E-state index in [9.17, 15) is 45.3 Å². The van der Waals surface area contributed by atoms with Crippen LogP contribution < -0.4 is 0 Å². The van der Waals surface area contributed by atoms with Crippen molar-refractivity contribution in [2.75, 3.05) is 26.4 Å². The van der Waals surface area contributed by atoms with Gasteiger partial charge >= 0.3 is 11.9 Å². The monoisotopic (exact) mass is 879 g/mol. The van der Waals surface area contributed by atoms with Crippen LogP contribution in [-0.2, 0) is 38.0 Å². The van der Waals surface area contributed by atoms with E-state index in [1.807, 2.05) is 60.8 Å². The number of aliphatic hydroxyl groups is 7. The number of allylic oxidation sites excluding steroid dienone is 14. The Morgan fingerprint density at radius 2 is 0.968 bits per heavy atom. The highest BCUT2D eigenvalue weighted by atomic mass is 16.7. The Hall–Kier alpha value is -3.32. The normalized spacial score (nSPS) is 27.9. The van der Waals surface area contributed by atoms with E-state index in [1.54, 1.807) is 0 Å². The molecule has 2 aliphatic heterocycles. The third-order valence-corrected chi connectivity index (χ3v) is 10.0. The molecular formula is C47H74O15. The van der Waals surface area contributed by atoms with E-state index in [1.165, 1.54) is 0 Å². The van der Waals surface area contributed by atoms with Crippen LogP contribution in [0.4, 0.5) is 0 Å². The second-order valence-electron chi connectivity index (χ2n) is 15.3. The first-order valence-corrected chi connectivity index (χ1v) is 22.3. The molecule has 7 N–H and O–H groups in total. The van der Waals surface area contributed by atoms with Crippen molar-refractivity contribution in [3.05, 3.63) is 85.1 Å². The van der Waals surface area contributed by atoms with Gasteiger partial charge in [-0.15, -0.1) is 0 Å². The molecule has 352 valence electrons. The molecule has 11 atom stereocenters. The first-order valence-electron chi connectivity index (χ1n) is 22.3. The van der Waals surface area contributed by atoms with E-state index in [4.69, 9.17) is 28.4 Å². The SMILES string of the molecule is CC/C=C/C=C/C=C/C=C/CCCCCC(=O)OC(COC(=O)CCCCCCC/C=C/C=C/C=C/CC)CO[C@@H]1O[C@H](CO[C@@H]2O[C@H](CO)[C@H](O)C(O)C2O)[C@H](O)C(O)C1O. The van der Waals surface area contributed by atoms with Crippen molar-refractivity contribution >= 4 is 11.9 Å². The molecule has 0 amide bonds. The molecule has 0 aromatic carbocycles. The number of esters is 2. The van der Waals surface area contributed by atoms with Crippen LogP contribution in [0.5, 0.6) is 0 Å². The van der Waals surface area contributed by atoms with E-state index >= 15 is 0 Å². The Bertz CT molecular complexity index is 1410. The summed E-state index contributed by atoms with van der Waals surface area (Å²) >= 11 is 0. The van der Waals surface area contributed by atoms with Gasteiger partial charge in [0.2, 0.25) is 0 Å². The lowest BCUT2D eigenvalue weighted by Gasteiger charge is -2.42. The lowest BCUT2D eigenvalue weighted by atomic mass is 9.98. The van der Waals surface area contributed by atoms with Crippen LogP contribution in [0.2, 0.25) is 0 Å². The van der Waals surface area contributed by atoms with E-state index in [2.05, 4.69) is 38.2 Å². The maximum Gasteiger partial charge on any atom is 0.306 e. The van der Waals surface area contributed by atoms with Crippen molar-refractivity contribution in [1.29, 1.82) is 0 Å². The number of aliphatic hydroxyl groups excluding tert-OH is 7. The lowest BCUT2D eigenvalue weighted by molar-refractivity contribution is -0.332. The maximum atomic E-state index is 12.9. The van der Waals surface area contributed by atoms with Crippen molar-refractivity contribution in [2.24, 2.45) is 0 Å². The average Bonchev–Trinajstić information content (AvgIpc) is 3.26. The number of carbonyl (C=O) groups excluding carboxylic acids is 2. The van der Waals surface area contributed by atoms with Crippen molar-refractivity contribution < 1.29 is 73.8 Å². The molecule has 0 bridgehead atoms. The Morgan fingerprint density at radius 1 is 0.516 bits per heavy atom. The summed E-state index contributed by atoms with van der Waals surface area (Å²) in [6, 6.07) is 0. The summed E-state index contributed by atoms with van der Waals surface area (Å²) < 4.78 is 33.3. The van der Waals surface area contributed by atoms with Gasteiger partial charge in [0.15, 0.2) is 18.7 Å². The highest BCUT2D eigenvalue weighted by molar-refractivity contribution is 5.70. The van der Waals surface area contributed by atoms with Crippen molar-refractivity contribution in [3.63, 3.8) is 0 Å². The predicted molar refractivity (Wildman–Crippen MR) is 233 cm³/mol. The highest BCUT2D eigenvalue weighted by Gasteiger charge is 2.47. The maximum absolute atomic E-state index is 12.9. The molecule has 2 rings (SSSR count). The van der Waals surface area contributed by atoms with Crippen LogP contribution >= 0.6 is 0 Å². The second-order valence-corrected chi connectivity index (χ2v) is 15.3. The molecule has 2 fully saturated rings. The minimum absolute atomic E-state index is 0.109. The zero-order valence-electron chi connectivity index (χ0n) is 36.6. The minimum atomic E-state index is -1.78. The van der Waals surface area contributed by atoms with Gasteiger partial charge in [-0.05, 0) is 51.4 Å². The molecule has 0 aromatic heterocycles. The molecule has 15 nitrogen and oxygen atoms in total. The number of unbranched alkanes of at least 4 members (excludes halogenated alkanes) is 8. The van der Waals surface area contributed by atoms with Crippen LogP contribution in [0.25, 0.3) is 0 Å². The number of hydrogen-bond acceptors (Lipinski definition) is 15. The molecular weight excluding hydrogens is 805 g/mol. The Balaban J connectivity index is 1.90. The molecule has 0 spiro atoms. The lowest BCUT2D eigenvalue weighted by Crippen LogP contribution is -2.61. The van der Waals surface area contributed by atoms with Crippen molar-refractivity contribution in [3.8, 4) is 0 Å². The Morgan fingerprint density at radius 3 is 1.53 bits per heavy atom. The average molecular weight is 879 g/mol. The van der Waals surface area contributed by atoms with Crippen molar-refractivity contribution in [1.82, 2.24) is 0 Å². The minimum Gasteiger partial charge on any atom is -0.462 e. The van der Waals surface area contributed by atoms with Gasteiger partial charge in [-0.2, -0.15) is 0 Å². The fourth-order valence-electron chi connectivity index (χ4n) is 6.34. The topological polar surface area (TPSA) is 231 Å². The van der Waals surface area contributed by atoms with Gasteiger partial charge in [-0.1, -0.05) is 125 Å². The first-order chi connectivity index (χ1) is 30.0. The summed E-state index contributed by atoms with van der Waals surface area (Å²) in [5, 5.41) is 71.8. The molecule has 0 aliphatic carbocycles. The zero-order valence-corrected chi connectivity index (χ0v) is 36.6. The van der Waals surface area contributed by atoms with Gasteiger partial charge in [-0.3, -0.25) is 9.59 Å². The van der Waals surface area contributed by atoms with Crippen LogP contribution in [-0.4, -0.2) is 142 Å². The summed E-state index contributed by atoms with van der Waals surface area (Å²) in [5.74, 6) is -1.01. The number of hydrogen-bond donors (Lipinski definition) is 7. The third kappa shape index (κ3) is 22.9. The van der Waals surface area contributed by atoms with Gasteiger partial charge < -0.3 is 64.2 Å². The largest absolute Gasteiger partial charge is 0.462 e. The summed E-state index contributed by atoms with van der Waals surface area (Å²) in [4.78, 5) is 25.6. The molecule has 0 saturated carbocycles. The molecule has 2 saturated heterocycles. The molecule has 2 aliphatic rings. The molecule has 62 heavy (non-hydrogen) atoms. The quantitative estimate of drug-likeness (QED) is 0.0289. The number of carbonyl (C=O) groups is 2. The second kappa shape index (κ2) is 34.1. The predicted octanol–water partition coefficient (Wildman–Crippen LogP) is 4.48. The first kappa shape index (κ1) is 54.8. The number of ether oxygens (including phenoxy) is 6. The van der Waals surface area contributed by atoms with Gasteiger partial charge in [0.1, 0.15) is 55.4 Å².